The number of nitrogens with zero attached hydrogens (tertiary/aromatic N) is 2. The SMILES string of the molecule is Cc1cc(C)n(CC(C)CNC(=O)c2ccccc2NC(=O)c2ccccc2)n1. The largest absolute Gasteiger partial charge is 0.352 e. The minimum Gasteiger partial charge on any atom is -0.352 e. The van der Waals surface area contributed by atoms with Crippen LogP contribution in [-0.2, 0) is 6.54 Å². The highest BCUT2D eigenvalue weighted by Crippen LogP contribution is 2.16. The number of amides is 2. The quantitative estimate of drug-likeness (QED) is 0.644. The molecule has 0 aliphatic rings. The maximum absolute atomic E-state index is 12.7. The fourth-order valence-electron chi connectivity index (χ4n) is 3.16. The van der Waals surface area contributed by atoms with Crippen molar-refractivity contribution in [3.05, 3.63) is 83.2 Å². The minimum atomic E-state index is -0.247. The minimum absolute atomic E-state index is 0.211. The fourth-order valence-corrected chi connectivity index (χ4v) is 3.16. The highest BCUT2D eigenvalue weighted by Gasteiger charge is 2.15. The standard InChI is InChI=1S/C23H26N4O2/c1-16(15-27-18(3)13-17(2)26-27)14-24-23(29)20-11-7-8-12-21(20)25-22(28)19-9-5-4-6-10-19/h4-13,16H,14-15H2,1-3H3,(H,24,29)(H,25,28). The molecule has 2 N–H and O–H groups in total. The van der Waals surface area contributed by atoms with Gasteiger partial charge < -0.3 is 10.6 Å². The molecule has 1 aromatic heterocycles. The molecule has 1 heterocycles. The van der Waals surface area contributed by atoms with E-state index in [1.54, 1.807) is 48.5 Å². The third-order valence-corrected chi connectivity index (χ3v) is 4.65. The van der Waals surface area contributed by atoms with E-state index in [9.17, 15) is 9.59 Å². The molecule has 2 aromatic carbocycles. The van der Waals surface area contributed by atoms with Crippen LogP contribution >= 0.6 is 0 Å². The first-order chi connectivity index (χ1) is 13.9. The van der Waals surface area contributed by atoms with E-state index in [-0.39, 0.29) is 17.7 Å². The Kier molecular flexibility index (Phi) is 6.44. The molecule has 0 bridgehead atoms. The molecule has 1 unspecified atom stereocenters. The second kappa shape index (κ2) is 9.19. The molecular formula is C23H26N4O2. The van der Waals surface area contributed by atoms with Crippen molar-refractivity contribution in [3.8, 4) is 0 Å². The van der Waals surface area contributed by atoms with Crippen LogP contribution in [0.25, 0.3) is 0 Å². The van der Waals surface area contributed by atoms with E-state index in [4.69, 9.17) is 0 Å². The van der Waals surface area contributed by atoms with Crippen LogP contribution < -0.4 is 10.6 Å². The molecular weight excluding hydrogens is 364 g/mol. The van der Waals surface area contributed by atoms with Crippen LogP contribution in [0.4, 0.5) is 5.69 Å². The normalized spacial score (nSPS) is 11.7. The summed E-state index contributed by atoms with van der Waals surface area (Å²) in [7, 11) is 0. The number of aromatic nitrogens is 2. The van der Waals surface area contributed by atoms with Crippen molar-refractivity contribution in [1.29, 1.82) is 0 Å². The van der Waals surface area contributed by atoms with Gasteiger partial charge in [0.2, 0.25) is 0 Å². The zero-order valence-corrected chi connectivity index (χ0v) is 17.0. The Morgan fingerprint density at radius 2 is 1.69 bits per heavy atom. The van der Waals surface area contributed by atoms with Crippen LogP contribution in [0.2, 0.25) is 0 Å². The smallest absolute Gasteiger partial charge is 0.255 e. The van der Waals surface area contributed by atoms with E-state index >= 15 is 0 Å². The zero-order valence-electron chi connectivity index (χ0n) is 17.0. The first-order valence-electron chi connectivity index (χ1n) is 9.68. The molecule has 0 saturated heterocycles. The maximum Gasteiger partial charge on any atom is 0.255 e. The summed E-state index contributed by atoms with van der Waals surface area (Å²) >= 11 is 0. The Morgan fingerprint density at radius 1 is 1.00 bits per heavy atom. The molecule has 3 aromatic rings. The highest BCUT2D eigenvalue weighted by atomic mass is 16.2. The monoisotopic (exact) mass is 390 g/mol. The Bertz CT molecular complexity index is 995. The number of para-hydroxylation sites is 1. The number of carbonyl (C=O) groups excluding carboxylic acids is 2. The van der Waals surface area contributed by atoms with Gasteiger partial charge in [-0.2, -0.15) is 5.10 Å². The second-order valence-corrected chi connectivity index (χ2v) is 7.29. The molecule has 2 amide bonds. The van der Waals surface area contributed by atoms with Crippen molar-refractivity contribution < 1.29 is 9.59 Å². The van der Waals surface area contributed by atoms with Crippen molar-refractivity contribution in [2.24, 2.45) is 5.92 Å². The van der Waals surface area contributed by atoms with Crippen LogP contribution in [0.15, 0.2) is 60.7 Å². The van der Waals surface area contributed by atoms with Gasteiger partial charge in [-0.3, -0.25) is 14.3 Å². The molecule has 29 heavy (non-hydrogen) atoms. The summed E-state index contributed by atoms with van der Waals surface area (Å²) in [6.45, 7) is 7.30. The predicted molar refractivity (Wildman–Crippen MR) is 114 cm³/mol. The van der Waals surface area contributed by atoms with Gasteiger partial charge >= 0.3 is 0 Å². The van der Waals surface area contributed by atoms with Gasteiger partial charge in [-0.05, 0) is 50.1 Å². The van der Waals surface area contributed by atoms with Crippen molar-refractivity contribution in [2.75, 3.05) is 11.9 Å². The van der Waals surface area contributed by atoms with Crippen molar-refractivity contribution in [1.82, 2.24) is 15.1 Å². The average Bonchev–Trinajstić information content (AvgIpc) is 3.03. The van der Waals surface area contributed by atoms with Crippen LogP contribution in [0, 0.1) is 19.8 Å². The molecule has 0 radical (unpaired) electrons. The van der Waals surface area contributed by atoms with E-state index < -0.39 is 0 Å². The van der Waals surface area contributed by atoms with Crippen molar-refractivity contribution in [3.63, 3.8) is 0 Å². The Hall–Kier alpha value is -3.41. The lowest BCUT2D eigenvalue weighted by Gasteiger charge is -2.15. The van der Waals surface area contributed by atoms with Crippen LogP contribution in [0.3, 0.4) is 0 Å². The Morgan fingerprint density at radius 3 is 2.38 bits per heavy atom. The topological polar surface area (TPSA) is 76.0 Å². The summed E-state index contributed by atoms with van der Waals surface area (Å²) in [5.41, 5.74) is 3.57. The van der Waals surface area contributed by atoms with Gasteiger partial charge in [-0.1, -0.05) is 37.3 Å². The van der Waals surface area contributed by atoms with Gasteiger partial charge in [0.1, 0.15) is 0 Å². The lowest BCUT2D eigenvalue weighted by Crippen LogP contribution is -2.31. The number of hydrogen-bond acceptors (Lipinski definition) is 3. The molecule has 0 spiro atoms. The number of benzene rings is 2. The summed E-state index contributed by atoms with van der Waals surface area (Å²) in [6.07, 6.45) is 0. The first kappa shape index (κ1) is 20.3. The molecule has 0 fully saturated rings. The third kappa shape index (κ3) is 5.31. The molecule has 150 valence electrons. The molecule has 6 nitrogen and oxygen atoms in total. The van der Waals surface area contributed by atoms with E-state index in [0.29, 0.717) is 23.4 Å². The second-order valence-electron chi connectivity index (χ2n) is 7.29. The molecule has 1 atom stereocenters. The van der Waals surface area contributed by atoms with Gasteiger partial charge in [0.05, 0.1) is 16.9 Å². The van der Waals surface area contributed by atoms with Crippen LogP contribution in [0.1, 0.15) is 39.0 Å². The molecule has 0 aliphatic carbocycles. The third-order valence-electron chi connectivity index (χ3n) is 4.65. The van der Waals surface area contributed by atoms with Gasteiger partial charge in [0.15, 0.2) is 0 Å². The number of hydrogen-bond donors (Lipinski definition) is 2. The number of carbonyl (C=O) groups is 2. The lowest BCUT2D eigenvalue weighted by molar-refractivity contribution is 0.0947. The molecule has 3 rings (SSSR count). The van der Waals surface area contributed by atoms with E-state index in [0.717, 1.165) is 17.9 Å². The maximum atomic E-state index is 12.7. The van der Waals surface area contributed by atoms with Crippen LogP contribution in [0.5, 0.6) is 0 Å². The molecule has 6 heteroatoms. The van der Waals surface area contributed by atoms with Gasteiger partial charge in [0, 0.05) is 24.3 Å². The number of nitrogens with one attached hydrogen (secondary N) is 2. The molecule has 0 saturated carbocycles. The van der Waals surface area contributed by atoms with Gasteiger partial charge in [-0.15, -0.1) is 0 Å². The first-order valence-corrected chi connectivity index (χ1v) is 9.68. The van der Waals surface area contributed by atoms with Gasteiger partial charge in [-0.25, -0.2) is 0 Å². The number of rotatable bonds is 7. The summed E-state index contributed by atoms with van der Waals surface area (Å²) in [5, 5.41) is 10.3. The lowest BCUT2D eigenvalue weighted by atomic mass is 10.1. The molecule has 0 aliphatic heterocycles. The van der Waals surface area contributed by atoms with Crippen LogP contribution in [-0.4, -0.2) is 28.1 Å². The fraction of sp³-hybridized carbons (Fsp3) is 0.261. The van der Waals surface area contributed by atoms with Gasteiger partial charge in [0.25, 0.3) is 11.8 Å². The summed E-state index contributed by atoms with van der Waals surface area (Å²) in [6, 6.07) is 18.0. The zero-order chi connectivity index (χ0) is 20.8. The summed E-state index contributed by atoms with van der Waals surface area (Å²) < 4.78 is 1.96. The van der Waals surface area contributed by atoms with E-state index in [1.807, 2.05) is 30.7 Å². The summed E-state index contributed by atoms with van der Waals surface area (Å²) in [4.78, 5) is 25.2. The predicted octanol–water partition coefficient (Wildman–Crippen LogP) is 3.82. The number of anilines is 1. The van der Waals surface area contributed by atoms with Crippen molar-refractivity contribution >= 4 is 17.5 Å². The number of aryl methyl sites for hydroxylation is 2. The Labute approximate surface area is 170 Å². The van der Waals surface area contributed by atoms with Crippen molar-refractivity contribution in [2.45, 2.75) is 27.3 Å². The van der Waals surface area contributed by atoms with E-state index in [2.05, 4.69) is 22.7 Å². The highest BCUT2D eigenvalue weighted by molar-refractivity contribution is 6.08. The summed E-state index contributed by atoms with van der Waals surface area (Å²) in [5.74, 6) is -0.249. The Balaban J connectivity index is 1.62. The average molecular weight is 390 g/mol. The van der Waals surface area contributed by atoms with E-state index in [1.165, 1.54) is 0 Å².